The van der Waals surface area contributed by atoms with Crippen LogP contribution in [-0.4, -0.2) is 30.6 Å². The first kappa shape index (κ1) is 12.7. The van der Waals surface area contributed by atoms with Crippen molar-refractivity contribution in [2.45, 2.75) is 51.0 Å². The lowest BCUT2D eigenvalue weighted by atomic mass is 9.70. The lowest BCUT2D eigenvalue weighted by Crippen LogP contribution is -2.53. The van der Waals surface area contributed by atoms with Gasteiger partial charge < -0.3 is 4.74 Å². The molecule has 2 nitrogen and oxygen atoms in total. The van der Waals surface area contributed by atoms with E-state index < -0.39 is 0 Å². The van der Waals surface area contributed by atoms with Gasteiger partial charge >= 0.3 is 0 Å². The molecular formula is C18H25NO. The average molecular weight is 271 g/mol. The number of piperidine rings is 1. The SMILES string of the molecule is CCC12CCN(CC3CC3)CC1Oc1c(C)cccc12. The molecule has 1 aromatic rings. The summed E-state index contributed by atoms with van der Waals surface area (Å²) in [5, 5.41) is 0. The molecule has 0 amide bonds. The highest BCUT2D eigenvalue weighted by molar-refractivity contribution is 5.50. The predicted octanol–water partition coefficient (Wildman–Crippen LogP) is 3.52. The van der Waals surface area contributed by atoms with Gasteiger partial charge in [0.2, 0.25) is 0 Å². The van der Waals surface area contributed by atoms with E-state index in [2.05, 4.69) is 36.9 Å². The van der Waals surface area contributed by atoms with Crippen LogP contribution in [0.25, 0.3) is 0 Å². The Hall–Kier alpha value is -1.02. The predicted molar refractivity (Wildman–Crippen MR) is 81.3 cm³/mol. The fourth-order valence-corrected chi connectivity index (χ4v) is 4.25. The molecule has 2 aliphatic heterocycles. The van der Waals surface area contributed by atoms with E-state index in [1.165, 1.54) is 55.6 Å². The minimum absolute atomic E-state index is 0.279. The average Bonchev–Trinajstić information content (AvgIpc) is 3.20. The summed E-state index contributed by atoms with van der Waals surface area (Å²) < 4.78 is 6.43. The Balaban J connectivity index is 1.63. The molecule has 0 bridgehead atoms. The molecule has 4 rings (SSSR count). The van der Waals surface area contributed by atoms with Gasteiger partial charge in [-0.25, -0.2) is 0 Å². The van der Waals surface area contributed by atoms with Crippen molar-refractivity contribution >= 4 is 0 Å². The van der Waals surface area contributed by atoms with Crippen LogP contribution >= 0.6 is 0 Å². The zero-order valence-electron chi connectivity index (χ0n) is 12.7. The van der Waals surface area contributed by atoms with Gasteiger partial charge in [0.05, 0.1) is 0 Å². The largest absolute Gasteiger partial charge is 0.488 e. The van der Waals surface area contributed by atoms with E-state index in [9.17, 15) is 0 Å². The molecule has 0 spiro atoms. The van der Waals surface area contributed by atoms with Crippen LogP contribution in [0.4, 0.5) is 0 Å². The molecule has 2 atom stereocenters. The van der Waals surface area contributed by atoms with Crippen molar-refractivity contribution in [3.05, 3.63) is 29.3 Å². The second kappa shape index (κ2) is 4.49. The second-order valence-electron chi connectivity index (χ2n) is 7.02. The van der Waals surface area contributed by atoms with Gasteiger partial charge in [-0.05, 0) is 50.6 Å². The number of hydrogen-bond donors (Lipinski definition) is 0. The van der Waals surface area contributed by atoms with E-state index in [1.807, 2.05) is 0 Å². The second-order valence-corrected chi connectivity index (χ2v) is 7.02. The van der Waals surface area contributed by atoms with Crippen molar-refractivity contribution in [1.82, 2.24) is 4.90 Å². The lowest BCUT2D eigenvalue weighted by molar-refractivity contribution is 0.0381. The Labute approximate surface area is 122 Å². The maximum atomic E-state index is 6.43. The Kier molecular flexibility index (Phi) is 2.85. The number of para-hydroxylation sites is 1. The van der Waals surface area contributed by atoms with Crippen molar-refractivity contribution in [2.75, 3.05) is 19.6 Å². The van der Waals surface area contributed by atoms with Crippen molar-refractivity contribution < 1.29 is 4.74 Å². The molecule has 2 fully saturated rings. The van der Waals surface area contributed by atoms with Crippen molar-refractivity contribution in [3.8, 4) is 5.75 Å². The Morgan fingerprint density at radius 3 is 2.95 bits per heavy atom. The molecule has 2 heteroatoms. The van der Waals surface area contributed by atoms with E-state index in [1.54, 1.807) is 0 Å². The summed E-state index contributed by atoms with van der Waals surface area (Å²) in [6, 6.07) is 6.69. The molecular weight excluding hydrogens is 246 g/mol. The van der Waals surface area contributed by atoms with Crippen LogP contribution in [0.15, 0.2) is 18.2 Å². The topological polar surface area (TPSA) is 12.5 Å². The maximum absolute atomic E-state index is 6.43. The van der Waals surface area contributed by atoms with Crippen LogP contribution < -0.4 is 4.74 Å². The van der Waals surface area contributed by atoms with E-state index in [-0.39, 0.29) is 5.41 Å². The third-order valence-electron chi connectivity index (χ3n) is 5.77. The number of nitrogens with zero attached hydrogens (tertiary/aromatic N) is 1. The Morgan fingerprint density at radius 2 is 2.20 bits per heavy atom. The van der Waals surface area contributed by atoms with E-state index in [0.29, 0.717) is 6.10 Å². The molecule has 108 valence electrons. The lowest BCUT2D eigenvalue weighted by Gasteiger charge is -2.42. The highest BCUT2D eigenvalue weighted by Crippen LogP contribution is 2.51. The molecule has 2 heterocycles. The van der Waals surface area contributed by atoms with Crippen LogP contribution in [0.2, 0.25) is 0 Å². The summed E-state index contributed by atoms with van der Waals surface area (Å²) in [6.07, 6.45) is 5.72. The molecule has 1 aromatic carbocycles. The molecule has 0 N–H and O–H groups in total. The fraction of sp³-hybridized carbons (Fsp3) is 0.667. The normalized spacial score (nSPS) is 32.6. The van der Waals surface area contributed by atoms with Crippen molar-refractivity contribution in [1.29, 1.82) is 0 Å². The molecule has 0 radical (unpaired) electrons. The van der Waals surface area contributed by atoms with Crippen LogP contribution in [0.1, 0.15) is 43.7 Å². The smallest absolute Gasteiger partial charge is 0.126 e. The monoisotopic (exact) mass is 271 g/mol. The van der Waals surface area contributed by atoms with Crippen LogP contribution in [0.3, 0.4) is 0 Å². The number of likely N-dealkylation sites (tertiary alicyclic amines) is 1. The molecule has 0 aromatic heterocycles. The molecule has 1 saturated carbocycles. The van der Waals surface area contributed by atoms with Gasteiger partial charge in [-0.3, -0.25) is 4.90 Å². The number of rotatable bonds is 3. The van der Waals surface area contributed by atoms with Crippen LogP contribution in [0, 0.1) is 12.8 Å². The van der Waals surface area contributed by atoms with Gasteiger partial charge in [0.25, 0.3) is 0 Å². The van der Waals surface area contributed by atoms with Gasteiger partial charge in [0.15, 0.2) is 0 Å². The number of benzene rings is 1. The molecule has 2 unspecified atom stereocenters. The van der Waals surface area contributed by atoms with Gasteiger partial charge in [-0.2, -0.15) is 0 Å². The Bertz CT molecular complexity index is 522. The van der Waals surface area contributed by atoms with E-state index in [4.69, 9.17) is 4.74 Å². The van der Waals surface area contributed by atoms with E-state index >= 15 is 0 Å². The summed E-state index contributed by atoms with van der Waals surface area (Å²) in [6.45, 7) is 8.19. The highest BCUT2D eigenvalue weighted by Gasteiger charge is 2.51. The first-order chi connectivity index (χ1) is 9.73. The summed E-state index contributed by atoms with van der Waals surface area (Å²) in [7, 11) is 0. The fourth-order valence-electron chi connectivity index (χ4n) is 4.25. The van der Waals surface area contributed by atoms with Gasteiger partial charge in [-0.15, -0.1) is 0 Å². The summed E-state index contributed by atoms with van der Waals surface area (Å²) in [4.78, 5) is 2.65. The highest BCUT2D eigenvalue weighted by atomic mass is 16.5. The van der Waals surface area contributed by atoms with Gasteiger partial charge in [0, 0.05) is 24.1 Å². The molecule has 1 saturated heterocycles. The zero-order chi connectivity index (χ0) is 13.7. The van der Waals surface area contributed by atoms with Gasteiger partial charge in [-0.1, -0.05) is 25.1 Å². The van der Waals surface area contributed by atoms with Crippen LogP contribution in [-0.2, 0) is 5.41 Å². The Morgan fingerprint density at radius 1 is 1.35 bits per heavy atom. The minimum atomic E-state index is 0.279. The summed E-state index contributed by atoms with van der Waals surface area (Å²) in [5.74, 6) is 2.17. The van der Waals surface area contributed by atoms with Crippen LogP contribution in [0.5, 0.6) is 5.75 Å². The van der Waals surface area contributed by atoms with Crippen molar-refractivity contribution in [3.63, 3.8) is 0 Å². The molecule has 3 aliphatic rings. The van der Waals surface area contributed by atoms with Crippen molar-refractivity contribution in [2.24, 2.45) is 5.92 Å². The van der Waals surface area contributed by atoms with E-state index in [0.717, 1.165) is 12.5 Å². The summed E-state index contributed by atoms with van der Waals surface area (Å²) >= 11 is 0. The summed E-state index contributed by atoms with van der Waals surface area (Å²) in [5.41, 5.74) is 3.07. The molecule has 1 aliphatic carbocycles. The number of aryl methyl sites for hydroxylation is 1. The quantitative estimate of drug-likeness (QED) is 0.834. The first-order valence-corrected chi connectivity index (χ1v) is 8.22. The minimum Gasteiger partial charge on any atom is -0.488 e. The third-order valence-corrected chi connectivity index (χ3v) is 5.77. The third kappa shape index (κ3) is 1.81. The number of ether oxygens (including phenoxy) is 1. The zero-order valence-corrected chi connectivity index (χ0v) is 12.7. The maximum Gasteiger partial charge on any atom is 0.126 e. The number of hydrogen-bond acceptors (Lipinski definition) is 2. The van der Waals surface area contributed by atoms with Gasteiger partial charge in [0.1, 0.15) is 11.9 Å². The molecule has 20 heavy (non-hydrogen) atoms. The number of fused-ring (bicyclic) bond motifs is 3. The standard InChI is InChI=1S/C18H25NO/c1-3-18-9-10-19(11-14-7-8-14)12-16(18)20-17-13(2)5-4-6-15(17)18/h4-6,14,16H,3,7-12H2,1-2H3. The first-order valence-electron chi connectivity index (χ1n) is 8.22.